The molecule has 100 valence electrons. The molecule has 0 spiro atoms. The summed E-state index contributed by atoms with van der Waals surface area (Å²) in [6, 6.07) is 4.91. The second-order valence-electron chi connectivity index (χ2n) is 3.88. The molecule has 20 heavy (non-hydrogen) atoms. The van der Waals surface area contributed by atoms with Crippen LogP contribution in [0.2, 0.25) is 5.02 Å². The van der Waals surface area contributed by atoms with E-state index >= 15 is 0 Å². The van der Waals surface area contributed by atoms with Crippen LogP contribution in [0, 0.1) is 0 Å². The van der Waals surface area contributed by atoms with Gasteiger partial charge in [-0.1, -0.05) is 11.6 Å². The minimum absolute atomic E-state index is 0.0884. The number of carboxylic acid groups (broad SMARTS) is 1. The van der Waals surface area contributed by atoms with E-state index in [0.717, 1.165) is 0 Å². The van der Waals surface area contributed by atoms with Gasteiger partial charge in [0.15, 0.2) is 5.76 Å². The van der Waals surface area contributed by atoms with E-state index in [4.69, 9.17) is 21.1 Å². The molecule has 0 aliphatic rings. The van der Waals surface area contributed by atoms with Crippen molar-refractivity contribution in [1.29, 1.82) is 0 Å². The quantitative estimate of drug-likeness (QED) is 0.796. The molecule has 0 amide bonds. The van der Waals surface area contributed by atoms with E-state index in [0.29, 0.717) is 27.2 Å². The molecule has 0 fully saturated rings. The Balaban J connectivity index is 1.98. The minimum atomic E-state index is -1.04. The number of nitrogens with zero attached hydrogens (tertiary/aromatic N) is 2. The van der Waals surface area contributed by atoms with Gasteiger partial charge in [-0.25, -0.2) is 9.78 Å². The molecule has 0 bridgehead atoms. The van der Waals surface area contributed by atoms with Gasteiger partial charge in [-0.2, -0.15) is 0 Å². The number of aromatic carboxylic acids is 1. The van der Waals surface area contributed by atoms with Crippen LogP contribution in [0.25, 0.3) is 22.2 Å². The maximum Gasteiger partial charge on any atom is 0.338 e. The summed E-state index contributed by atoms with van der Waals surface area (Å²) in [7, 11) is 0. The molecule has 0 saturated carbocycles. The largest absolute Gasteiger partial charge is 0.478 e. The van der Waals surface area contributed by atoms with Crippen molar-refractivity contribution in [3.05, 3.63) is 46.6 Å². The number of halogens is 1. The summed E-state index contributed by atoms with van der Waals surface area (Å²) in [5, 5.41) is 11.8. The van der Waals surface area contributed by atoms with Crippen LogP contribution >= 0.6 is 22.9 Å². The number of hydrogen-bond donors (Lipinski definition) is 1. The normalized spacial score (nSPS) is 10.7. The van der Waals surface area contributed by atoms with Crippen molar-refractivity contribution in [2.75, 3.05) is 0 Å². The number of rotatable bonds is 3. The molecule has 3 aromatic rings. The highest BCUT2D eigenvalue weighted by Gasteiger charge is 2.15. The fraction of sp³-hybridized carbons (Fsp3) is 0. The second-order valence-corrected chi connectivity index (χ2v) is 5.14. The zero-order valence-electron chi connectivity index (χ0n) is 9.91. The van der Waals surface area contributed by atoms with Gasteiger partial charge in [0.25, 0.3) is 0 Å². The van der Waals surface area contributed by atoms with E-state index in [9.17, 15) is 4.79 Å². The van der Waals surface area contributed by atoms with E-state index in [2.05, 4.69) is 9.97 Å². The Bertz CT molecular complexity index is 781. The predicted molar refractivity (Wildman–Crippen MR) is 75.0 cm³/mol. The van der Waals surface area contributed by atoms with Crippen molar-refractivity contribution in [1.82, 2.24) is 9.97 Å². The summed E-state index contributed by atoms with van der Waals surface area (Å²) in [6.07, 6.45) is 2.82. The molecule has 7 heteroatoms. The Morgan fingerprint density at radius 3 is 3.00 bits per heavy atom. The molecule has 0 unspecified atom stereocenters. The van der Waals surface area contributed by atoms with Crippen LogP contribution in [0.1, 0.15) is 10.4 Å². The van der Waals surface area contributed by atoms with Crippen molar-refractivity contribution in [3.8, 4) is 22.2 Å². The van der Waals surface area contributed by atoms with E-state index in [1.54, 1.807) is 23.7 Å². The van der Waals surface area contributed by atoms with Gasteiger partial charge in [0.1, 0.15) is 22.7 Å². The third-order valence-electron chi connectivity index (χ3n) is 2.56. The summed E-state index contributed by atoms with van der Waals surface area (Å²) in [5.41, 5.74) is 1.24. The molecule has 5 nitrogen and oxygen atoms in total. The highest BCUT2D eigenvalue weighted by Crippen LogP contribution is 2.32. The standard InChI is InChI=1S/C13H7ClN2O3S/c14-8-2-1-3-15-11(8)12-16-9(6-20-12)10-4-7(5-19-10)13(17)18/h1-6H,(H,17,18). The summed E-state index contributed by atoms with van der Waals surface area (Å²) >= 11 is 7.43. The summed E-state index contributed by atoms with van der Waals surface area (Å²) in [5.74, 6) is -0.639. The van der Waals surface area contributed by atoms with Crippen molar-refractivity contribution in [3.63, 3.8) is 0 Å². The van der Waals surface area contributed by atoms with Gasteiger partial charge in [-0.15, -0.1) is 11.3 Å². The maximum absolute atomic E-state index is 10.8. The number of thiazole rings is 1. The van der Waals surface area contributed by atoms with Gasteiger partial charge in [0.05, 0.1) is 10.6 Å². The van der Waals surface area contributed by atoms with Gasteiger partial charge in [0.2, 0.25) is 0 Å². The third kappa shape index (κ3) is 2.31. The van der Waals surface area contributed by atoms with Gasteiger partial charge in [-0.3, -0.25) is 4.98 Å². The average molecular weight is 307 g/mol. The molecular formula is C13H7ClN2O3S. The van der Waals surface area contributed by atoms with Crippen LogP contribution in [0.5, 0.6) is 0 Å². The lowest BCUT2D eigenvalue weighted by molar-refractivity contribution is 0.0696. The lowest BCUT2D eigenvalue weighted by atomic mass is 10.3. The third-order valence-corrected chi connectivity index (χ3v) is 3.72. The molecule has 0 aromatic carbocycles. The van der Waals surface area contributed by atoms with Crippen molar-refractivity contribution < 1.29 is 14.3 Å². The molecule has 0 aliphatic carbocycles. The van der Waals surface area contributed by atoms with Gasteiger partial charge in [0, 0.05) is 17.6 Å². The smallest absolute Gasteiger partial charge is 0.338 e. The van der Waals surface area contributed by atoms with Gasteiger partial charge < -0.3 is 9.52 Å². The number of furan rings is 1. The highest BCUT2D eigenvalue weighted by atomic mass is 35.5. The van der Waals surface area contributed by atoms with E-state index in [1.165, 1.54) is 23.7 Å². The number of carboxylic acids is 1. The lowest BCUT2D eigenvalue weighted by Crippen LogP contribution is -1.91. The monoisotopic (exact) mass is 306 g/mol. The van der Waals surface area contributed by atoms with E-state index < -0.39 is 5.97 Å². The van der Waals surface area contributed by atoms with E-state index in [1.807, 2.05) is 0 Å². The lowest BCUT2D eigenvalue weighted by Gasteiger charge is -1.96. The molecular weight excluding hydrogens is 300 g/mol. The highest BCUT2D eigenvalue weighted by molar-refractivity contribution is 7.13. The fourth-order valence-corrected chi connectivity index (χ4v) is 2.71. The number of pyridine rings is 1. The summed E-state index contributed by atoms with van der Waals surface area (Å²) in [6.45, 7) is 0. The molecule has 3 heterocycles. The first kappa shape index (κ1) is 12.8. The minimum Gasteiger partial charge on any atom is -0.478 e. The van der Waals surface area contributed by atoms with Crippen molar-refractivity contribution >= 4 is 28.9 Å². The van der Waals surface area contributed by atoms with Crippen LogP contribution < -0.4 is 0 Å². The first-order valence-electron chi connectivity index (χ1n) is 5.54. The molecule has 0 atom stereocenters. The Labute approximate surface area is 122 Å². The first-order valence-corrected chi connectivity index (χ1v) is 6.79. The van der Waals surface area contributed by atoms with Crippen molar-refractivity contribution in [2.45, 2.75) is 0 Å². The van der Waals surface area contributed by atoms with Crippen LogP contribution in [0.3, 0.4) is 0 Å². The number of hydrogen-bond acceptors (Lipinski definition) is 5. The molecule has 3 aromatic heterocycles. The molecule has 1 N–H and O–H groups in total. The molecule has 0 saturated heterocycles. The molecule has 0 radical (unpaired) electrons. The van der Waals surface area contributed by atoms with Crippen molar-refractivity contribution in [2.24, 2.45) is 0 Å². The zero-order valence-corrected chi connectivity index (χ0v) is 11.5. The number of carbonyl (C=O) groups is 1. The Morgan fingerprint density at radius 2 is 2.30 bits per heavy atom. The Hall–Kier alpha value is -2.18. The maximum atomic E-state index is 10.8. The predicted octanol–water partition coefficient (Wildman–Crippen LogP) is 3.82. The first-order chi connectivity index (χ1) is 9.65. The summed E-state index contributed by atoms with van der Waals surface area (Å²) in [4.78, 5) is 19.4. The SMILES string of the molecule is O=C(O)c1coc(-c2csc(-c3ncccc3Cl)n2)c1. The average Bonchev–Trinajstić information content (AvgIpc) is 3.08. The Kier molecular flexibility index (Phi) is 3.25. The topological polar surface area (TPSA) is 76.2 Å². The summed E-state index contributed by atoms with van der Waals surface area (Å²) < 4.78 is 5.20. The second kappa shape index (κ2) is 5.07. The van der Waals surface area contributed by atoms with Gasteiger partial charge >= 0.3 is 5.97 Å². The number of aromatic nitrogens is 2. The van der Waals surface area contributed by atoms with E-state index in [-0.39, 0.29) is 5.56 Å². The van der Waals surface area contributed by atoms with Crippen LogP contribution in [0.4, 0.5) is 0 Å². The van der Waals surface area contributed by atoms with Gasteiger partial charge in [-0.05, 0) is 12.1 Å². The zero-order chi connectivity index (χ0) is 14.1. The van der Waals surface area contributed by atoms with Crippen LogP contribution in [-0.2, 0) is 0 Å². The Morgan fingerprint density at radius 1 is 1.45 bits per heavy atom. The van der Waals surface area contributed by atoms with Crippen LogP contribution in [-0.4, -0.2) is 21.0 Å². The van der Waals surface area contributed by atoms with Crippen LogP contribution in [0.15, 0.2) is 40.5 Å². The molecule has 0 aliphatic heterocycles. The fourth-order valence-electron chi connectivity index (χ4n) is 1.62. The molecule has 3 rings (SSSR count).